The SMILES string of the molecule is Fc1ccc(-c2nnc(-c3cc(-c4nnc(-c5ccc(F)cc5)o4)cc(-c4nnc(-c5ccc(F)cc5)o4)c3)o2)cc1. The molecule has 0 bridgehead atoms. The third-order valence-corrected chi connectivity index (χ3v) is 6.22. The van der Waals surface area contributed by atoms with E-state index in [0.717, 1.165) is 0 Å². The van der Waals surface area contributed by atoms with Crippen molar-refractivity contribution in [2.24, 2.45) is 0 Å². The monoisotopic (exact) mass is 564 g/mol. The van der Waals surface area contributed by atoms with Crippen LogP contribution in [0.15, 0.2) is 104 Å². The zero-order valence-corrected chi connectivity index (χ0v) is 21.2. The third-order valence-electron chi connectivity index (χ3n) is 6.22. The molecule has 3 heterocycles. The van der Waals surface area contributed by atoms with Crippen LogP contribution in [0.2, 0.25) is 0 Å². The Kier molecular flexibility index (Phi) is 6.12. The van der Waals surface area contributed by atoms with Crippen molar-refractivity contribution in [1.82, 2.24) is 30.6 Å². The molecule has 204 valence electrons. The minimum Gasteiger partial charge on any atom is -0.416 e. The van der Waals surface area contributed by atoms with Gasteiger partial charge in [-0.25, -0.2) is 13.2 Å². The summed E-state index contributed by atoms with van der Waals surface area (Å²) in [4.78, 5) is 0. The molecule has 42 heavy (non-hydrogen) atoms. The third kappa shape index (κ3) is 4.92. The molecule has 9 nitrogen and oxygen atoms in total. The van der Waals surface area contributed by atoms with Crippen molar-refractivity contribution in [3.63, 3.8) is 0 Å². The van der Waals surface area contributed by atoms with Gasteiger partial charge in [-0.05, 0) is 91.0 Å². The normalized spacial score (nSPS) is 11.2. The van der Waals surface area contributed by atoms with Crippen LogP contribution in [0.1, 0.15) is 0 Å². The number of benzene rings is 4. The molecule has 12 heteroatoms. The molecule has 0 unspecified atom stereocenters. The van der Waals surface area contributed by atoms with E-state index in [4.69, 9.17) is 13.3 Å². The Hall–Kier alpha value is -5.91. The van der Waals surface area contributed by atoms with Crippen LogP contribution in [0.25, 0.3) is 68.7 Å². The van der Waals surface area contributed by atoms with Crippen LogP contribution < -0.4 is 0 Å². The topological polar surface area (TPSA) is 117 Å². The molecule has 0 saturated heterocycles. The van der Waals surface area contributed by atoms with E-state index in [2.05, 4.69) is 30.6 Å². The molecule has 0 radical (unpaired) electrons. The number of halogens is 3. The minimum atomic E-state index is -0.394. The highest BCUT2D eigenvalue weighted by molar-refractivity contribution is 5.74. The Labute approximate surface area is 234 Å². The molecule has 7 rings (SSSR count). The maximum atomic E-state index is 13.4. The molecule has 4 aromatic carbocycles. The van der Waals surface area contributed by atoms with Crippen LogP contribution in [0.4, 0.5) is 13.2 Å². The molecule has 0 aliphatic rings. The van der Waals surface area contributed by atoms with Crippen LogP contribution in [-0.4, -0.2) is 30.6 Å². The van der Waals surface area contributed by atoms with Gasteiger partial charge in [-0.15, -0.1) is 30.6 Å². The standard InChI is InChI=1S/C30H15F3N6O3/c31-22-7-1-16(2-8-22)25-34-37-28(40-25)19-13-20(29-38-35-26(41-29)17-3-9-23(32)10-4-17)15-21(14-19)30-39-36-27(42-30)18-5-11-24(33)12-6-18/h1-15H. The van der Waals surface area contributed by atoms with Gasteiger partial charge in [-0.3, -0.25) is 0 Å². The fourth-order valence-corrected chi connectivity index (χ4v) is 4.15. The van der Waals surface area contributed by atoms with E-state index in [1.165, 1.54) is 72.8 Å². The molecular formula is C30H15F3N6O3. The lowest BCUT2D eigenvalue weighted by Crippen LogP contribution is -1.87. The lowest BCUT2D eigenvalue weighted by molar-refractivity contribution is 0.580. The predicted octanol–water partition coefficient (Wildman–Crippen LogP) is 7.25. The van der Waals surface area contributed by atoms with Crippen LogP contribution in [0.5, 0.6) is 0 Å². The second kappa shape index (κ2) is 10.2. The van der Waals surface area contributed by atoms with E-state index in [9.17, 15) is 13.2 Å². The van der Waals surface area contributed by atoms with E-state index in [-0.39, 0.29) is 35.3 Å². The molecule has 0 amide bonds. The Morgan fingerprint density at radius 3 is 0.762 bits per heavy atom. The number of hydrogen-bond acceptors (Lipinski definition) is 9. The highest BCUT2D eigenvalue weighted by Crippen LogP contribution is 2.34. The van der Waals surface area contributed by atoms with Gasteiger partial charge >= 0.3 is 0 Å². The summed E-state index contributed by atoms with van der Waals surface area (Å²) in [5.41, 5.74) is 3.00. The lowest BCUT2D eigenvalue weighted by atomic mass is 10.1. The van der Waals surface area contributed by atoms with E-state index in [0.29, 0.717) is 33.4 Å². The van der Waals surface area contributed by atoms with E-state index in [1.54, 1.807) is 18.2 Å². The molecule has 0 N–H and O–H groups in total. The van der Waals surface area contributed by atoms with Gasteiger partial charge in [-0.1, -0.05) is 0 Å². The lowest BCUT2D eigenvalue weighted by Gasteiger charge is -2.03. The van der Waals surface area contributed by atoms with E-state index < -0.39 is 17.5 Å². The average Bonchev–Trinajstić information content (AvgIpc) is 3.80. The summed E-state index contributed by atoms with van der Waals surface area (Å²) in [6.07, 6.45) is 0. The summed E-state index contributed by atoms with van der Waals surface area (Å²) in [7, 11) is 0. The van der Waals surface area contributed by atoms with Gasteiger partial charge in [0, 0.05) is 33.4 Å². The first-order valence-electron chi connectivity index (χ1n) is 12.4. The van der Waals surface area contributed by atoms with Crippen molar-refractivity contribution >= 4 is 0 Å². The molecule has 0 saturated carbocycles. The number of aromatic nitrogens is 6. The predicted molar refractivity (Wildman–Crippen MR) is 142 cm³/mol. The average molecular weight is 564 g/mol. The van der Waals surface area contributed by atoms with Crippen LogP contribution in [-0.2, 0) is 0 Å². The smallest absolute Gasteiger partial charge is 0.248 e. The first kappa shape index (κ1) is 25.1. The maximum Gasteiger partial charge on any atom is 0.248 e. The molecule has 0 atom stereocenters. The summed E-state index contributed by atoms with van der Waals surface area (Å²) >= 11 is 0. The summed E-state index contributed by atoms with van der Waals surface area (Å²) in [6, 6.07) is 22.0. The van der Waals surface area contributed by atoms with E-state index >= 15 is 0 Å². The summed E-state index contributed by atoms with van der Waals surface area (Å²) < 4.78 is 57.9. The number of hydrogen-bond donors (Lipinski definition) is 0. The fourth-order valence-electron chi connectivity index (χ4n) is 4.15. The van der Waals surface area contributed by atoms with Crippen molar-refractivity contribution in [2.45, 2.75) is 0 Å². The highest BCUT2D eigenvalue weighted by atomic mass is 19.1. The molecule has 3 aromatic heterocycles. The fraction of sp³-hybridized carbons (Fsp3) is 0. The molecule has 0 aliphatic heterocycles. The minimum absolute atomic E-state index is 0.147. The quantitative estimate of drug-likeness (QED) is 0.206. The van der Waals surface area contributed by atoms with Crippen molar-refractivity contribution in [1.29, 1.82) is 0 Å². The van der Waals surface area contributed by atoms with Gasteiger partial charge < -0.3 is 13.3 Å². The van der Waals surface area contributed by atoms with Gasteiger partial charge in [0.25, 0.3) is 0 Å². The van der Waals surface area contributed by atoms with Crippen molar-refractivity contribution in [3.05, 3.63) is 108 Å². The number of rotatable bonds is 6. The Bertz CT molecular complexity index is 1770. The second-order valence-electron chi connectivity index (χ2n) is 9.06. The van der Waals surface area contributed by atoms with Gasteiger partial charge in [-0.2, -0.15) is 0 Å². The Morgan fingerprint density at radius 2 is 0.524 bits per heavy atom. The first-order valence-corrected chi connectivity index (χ1v) is 12.4. The highest BCUT2D eigenvalue weighted by Gasteiger charge is 2.20. The molecule has 0 fully saturated rings. The largest absolute Gasteiger partial charge is 0.416 e. The van der Waals surface area contributed by atoms with Crippen LogP contribution >= 0.6 is 0 Å². The zero-order chi connectivity index (χ0) is 28.6. The van der Waals surface area contributed by atoms with Gasteiger partial charge in [0.15, 0.2) is 0 Å². The van der Waals surface area contributed by atoms with Gasteiger partial charge in [0.2, 0.25) is 35.3 Å². The first-order chi connectivity index (χ1) is 20.5. The summed E-state index contributed by atoms with van der Waals surface area (Å²) in [5, 5.41) is 24.8. The van der Waals surface area contributed by atoms with Crippen molar-refractivity contribution in [3.8, 4) is 68.7 Å². The Morgan fingerprint density at radius 1 is 0.310 bits per heavy atom. The maximum absolute atomic E-state index is 13.4. The van der Waals surface area contributed by atoms with Gasteiger partial charge in [0.05, 0.1) is 0 Å². The molecular weight excluding hydrogens is 549 g/mol. The summed E-state index contributed by atoms with van der Waals surface area (Å²) in [6.45, 7) is 0. The summed E-state index contributed by atoms with van der Waals surface area (Å²) in [5.74, 6) is -0.184. The number of nitrogens with zero attached hydrogens (tertiary/aromatic N) is 6. The van der Waals surface area contributed by atoms with Gasteiger partial charge in [0.1, 0.15) is 17.5 Å². The zero-order valence-electron chi connectivity index (χ0n) is 21.2. The van der Waals surface area contributed by atoms with Crippen molar-refractivity contribution in [2.75, 3.05) is 0 Å². The second-order valence-corrected chi connectivity index (χ2v) is 9.06. The van der Waals surface area contributed by atoms with Crippen LogP contribution in [0, 0.1) is 17.5 Å². The Balaban J connectivity index is 1.31. The molecule has 0 spiro atoms. The van der Waals surface area contributed by atoms with E-state index in [1.807, 2.05) is 0 Å². The van der Waals surface area contributed by atoms with Crippen LogP contribution in [0.3, 0.4) is 0 Å². The molecule has 7 aromatic rings. The molecule has 0 aliphatic carbocycles. The van der Waals surface area contributed by atoms with Crippen molar-refractivity contribution < 1.29 is 26.4 Å².